The van der Waals surface area contributed by atoms with Gasteiger partial charge < -0.3 is 5.11 Å². The summed E-state index contributed by atoms with van der Waals surface area (Å²) in [5.74, 6) is 1.22. The highest BCUT2D eigenvalue weighted by Gasteiger charge is 1.96. The average Bonchev–Trinajstić information content (AvgIpc) is 2.49. The molecule has 0 aliphatic heterocycles. The highest BCUT2D eigenvalue weighted by atomic mass is 33.1. The normalized spacial score (nSPS) is 10.8. The summed E-state index contributed by atoms with van der Waals surface area (Å²) in [7, 11) is 3.70. The molecule has 1 heterocycles. The maximum absolute atomic E-state index is 8.67. The number of aromatic nitrogens is 1. The minimum absolute atomic E-state index is 0.355. The first-order valence-corrected chi connectivity index (χ1v) is 10.1. The van der Waals surface area contributed by atoms with Gasteiger partial charge in [0.05, 0.1) is 0 Å². The van der Waals surface area contributed by atoms with Crippen LogP contribution >= 0.6 is 21.6 Å². The average molecular weight is 314 g/mol. The monoisotopic (exact) mass is 313 g/mol. The molecule has 0 radical (unpaired) electrons. The van der Waals surface area contributed by atoms with Crippen molar-refractivity contribution in [2.75, 3.05) is 12.4 Å². The number of rotatable bonds is 13. The summed E-state index contributed by atoms with van der Waals surface area (Å²) in [5.41, 5.74) is 0. The van der Waals surface area contributed by atoms with Gasteiger partial charge in [-0.1, -0.05) is 61.8 Å². The van der Waals surface area contributed by atoms with Crippen LogP contribution in [0.4, 0.5) is 0 Å². The van der Waals surface area contributed by atoms with Gasteiger partial charge in [-0.3, -0.25) is 0 Å². The van der Waals surface area contributed by atoms with Crippen molar-refractivity contribution in [3.63, 3.8) is 0 Å². The summed E-state index contributed by atoms with van der Waals surface area (Å²) in [4.78, 5) is 4.29. The standard InChI is InChI=1S/C16H27NOS2/c18-14-10-6-4-2-1-3-5-7-11-15-19-20-16-12-8-9-13-17-16/h8-9,12-13,18H,1-7,10-11,14-15H2. The second-order valence-electron chi connectivity index (χ2n) is 4.98. The Balaban J connectivity index is 1.77. The van der Waals surface area contributed by atoms with Crippen molar-refractivity contribution in [1.29, 1.82) is 0 Å². The van der Waals surface area contributed by atoms with Gasteiger partial charge in [0.1, 0.15) is 5.03 Å². The van der Waals surface area contributed by atoms with Gasteiger partial charge in [-0.15, -0.1) is 0 Å². The number of nitrogens with zero attached hydrogens (tertiary/aromatic N) is 1. The minimum atomic E-state index is 0.355. The number of unbranched alkanes of at least 4 members (excludes halogenated alkanes) is 8. The van der Waals surface area contributed by atoms with E-state index in [1.54, 1.807) is 10.8 Å². The predicted molar refractivity (Wildman–Crippen MR) is 91.2 cm³/mol. The van der Waals surface area contributed by atoms with Crippen molar-refractivity contribution in [2.45, 2.75) is 62.8 Å². The first-order chi connectivity index (χ1) is 9.93. The second-order valence-corrected chi connectivity index (χ2v) is 7.41. The molecular formula is C16H27NOS2. The SMILES string of the molecule is OCCCCCCCCCCCSSc1ccccn1. The van der Waals surface area contributed by atoms with E-state index in [9.17, 15) is 0 Å². The summed E-state index contributed by atoms with van der Waals surface area (Å²) in [5, 5.41) is 9.79. The molecule has 0 atom stereocenters. The summed E-state index contributed by atoms with van der Waals surface area (Å²) >= 11 is 0. The molecular weight excluding hydrogens is 286 g/mol. The summed E-state index contributed by atoms with van der Waals surface area (Å²) < 4.78 is 0. The Bertz CT molecular complexity index is 309. The van der Waals surface area contributed by atoms with Crippen LogP contribution in [0.15, 0.2) is 29.4 Å². The highest BCUT2D eigenvalue weighted by Crippen LogP contribution is 2.29. The van der Waals surface area contributed by atoms with Gasteiger partial charge in [-0.2, -0.15) is 0 Å². The lowest BCUT2D eigenvalue weighted by atomic mass is 10.1. The van der Waals surface area contributed by atoms with Crippen molar-refractivity contribution < 1.29 is 5.11 Å². The molecule has 1 rings (SSSR count). The van der Waals surface area contributed by atoms with Crippen LogP contribution in [0.1, 0.15) is 57.8 Å². The Labute approximate surface area is 131 Å². The molecule has 114 valence electrons. The van der Waals surface area contributed by atoms with E-state index >= 15 is 0 Å². The smallest absolute Gasteiger partial charge is 0.106 e. The number of pyridine rings is 1. The van der Waals surface area contributed by atoms with Crippen LogP contribution in [0.5, 0.6) is 0 Å². The third-order valence-electron chi connectivity index (χ3n) is 3.17. The first kappa shape index (κ1) is 17.9. The molecule has 0 unspecified atom stereocenters. The molecule has 1 N–H and O–H groups in total. The Morgan fingerprint density at radius 2 is 1.50 bits per heavy atom. The van der Waals surface area contributed by atoms with E-state index in [1.807, 2.05) is 29.1 Å². The number of aliphatic hydroxyl groups is 1. The Morgan fingerprint density at radius 3 is 2.10 bits per heavy atom. The van der Waals surface area contributed by atoms with Crippen molar-refractivity contribution in [3.05, 3.63) is 24.4 Å². The van der Waals surface area contributed by atoms with E-state index in [0.29, 0.717) is 6.61 Å². The van der Waals surface area contributed by atoms with Crippen LogP contribution in [0.25, 0.3) is 0 Å². The van der Waals surface area contributed by atoms with Crippen molar-refractivity contribution in [3.8, 4) is 0 Å². The molecule has 1 aromatic rings. The third-order valence-corrected chi connectivity index (χ3v) is 5.52. The van der Waals surface area contributed by atoms with Gasteiger partial charge in [0, 0.05) is 18.6 Å². The topological polar surface area (TPSA) is 33.1 Å². The molecule has 0 saturated carbocycles. The lowest BCUT2D eigenvalue weighted by Crippen LogP contribution is -1.85. The molecule has 1 aromatic heterocycles. The summed E-state index contributed by atoms with van der Waals surface area (Å²) in [6.07, 6.45) is 13.4. The molecule has 0 spiro atoms. The fourth-order valence-corrected chi connectivity index (χ4v) is 4.03. The van der Waals surface area contributed by atoms with Crippen LogP contribution in [0.3, 0.4) is 0 Å². The lowest BCUT2D eigenvalue weighted by molar-refractivity contribution is 0.282. The first-order valence-electron chi connectivity index (χ1n) is 7.75. The molecule has 0 aliphatic carbocycles. The highest BCUT2D eigenvalue weighted by molar-refractivity contribution is 8.76. The summed E-state index contributed by atoms with van der Waals surface area (Å²) in [6, 6.07) is 6.06. The number of aliphatic hydroxyl groups excluding tert-OH is 1. The van der Waals surface area contributed by atoms with Crippen LogP contribution < -0.4 is 0 Å². The van der Waals surface area contributed by atoms with E-state index in [4.69, 9.17) is 5.11 Å². The zero-order valence-corrected chi connectivity index (χ0v) is 13.9. The van der Waals surface area contributed by atoms with Gasteiger partial charge in [0.25, 0.3) is 0 Å². The van der Waals surface area contributed by atoms with Gasteiger partial charge in [0.15, 0.2) is 0 Å². The van der Waals surface area contributed by atoms with Gasteiger partial charge >= 0.3 is 0 Å². The minimum Gasteiger partial charge on any atom is -0.396 e. The Morgan fingerprint density at radius 1 is 0.850 bits per heavy atom. The van der Waals surface area contributed by atoms with E-state index in [2.05, 4.69) is 11.1 Å². The molecule has 0 bridgehead atoms. The molecule has 0 fully saturated rings. The quantitative estimate of drug-likeness (QED) is 0.394. The zero-order chi connectivity index (χ0) is 14.3. The molecule has 0 saturated heterocycles. The lowest BCUT2D eigenvalue weighted by Gasteiger charge is -2.02. The molecule has 20 heavy (non-hydrogen) atoms. The molecule has 0 aliphatic rings. The van der Waals surface area contributed by atoms with Crippen LogP contribution in [-0.4, -0.2) is 22.5 Å². The third kappa shape index (κ3) is 10.6. The fourth-order valence-electron chi connectivity index (χ4n) is 2.01. The maximum atomic E-state index is 8.67. The van der Waals surface area contributed by atoms with E-state index < -0.39 is 0 Å². The second kappa shape index (κ2) is 13.8. The van der Waals surface area contributed by atoms with Crippen molar-refractivity contribution in [2.24, 2.45) is 0 Å². The maximum Gasteiger partial charge on any atom is 0.106 e. The molecule has 4 heteroatoms. The van der Waals surface area contributed by atoms with Crippen LogP contribution in [0, 0.1) is 0 Å². The summed E-state index contributed by atoms with van der Waals surface area (Å²) in [6.45, 7) is 0.355. The van der Waals surface area contributed by atoms with Crippen molar-refractivity contribution in [1.82, 2.24) is 4.98 Å². The van der Waals surface area contributed by atoms with Gasteiger partial charge in [-0.25, -0.2) is 4.98 Å². The van der Waals surface area contributed by atoms with Gasteiger partial charge in [0.2, 0.25) is 0 Å². The molecule has 0 amide bonds. The van der Waals surface area contributed by atoms with E-state index in [-0.39, 0.29) is 0 Å². The largest absolute Gasteiger partial charge is 0.396 e. The molecule has 0 aromatic carbocycles. The zero-order valence-electron chi connectivity index (χ0n) is 12.3. The Hall–Kier alpha value is -0.190. The van der Waals surface area contributed by atoms with Crippen molar-refractivity contribution >= 4 is 21.6 Å². The number of hydrogen-bond donors (Lipinski definition) is 1. The van der Waals surface area contributed by atoms with Gasteiger partial charge in [-0.05, 0) is 35.8 Å². The fraction of sp³-hybridized carbons (Fsp3) is 0.688. The van der Waals surface area contributed by atoms with E-state index in [1.165, 1.54) is 57.1 Å². The Kier molecular flexibility index (Phi) is 12.3. The van der Waals surface area contributed by atoms with Crippen LogP contribution in [-0.2, 0) is 0 Å². The predicted octanol–water partition coefficient (Wildman–Crippen LogP) is 5.33. The molecule has 2 nitrogen and oxygen atoms in total. The van der Waals surface area contributed by atoms with E-state index in [0.717, 1.165) is 11.4 Å². The number of hydrogen-bond acceptors (Lipinski definition) is 4. The van der Waals surface area contributed by atoms with Crippen LogP contribution in [0.2, 0.25) is 0 Å².